The van der Waals surface area contributed by atoms with Crippen molar-refractivity contribution in [1.29, 1.82) is 0 Å². The summed E-state index contributed by atoms with van der Waals surface area (Å²) in [7, 11) is 0. The van der Waals surface area contributed by atoms with Crippen molar-refractivity contribution in [3.05, 3.63) is 41.3 Å². The summed E-state index contributed by atoms with van der Waals surface area (Å²) in [5, 5.41) is 11.7. The van der Waals surface area contributed by atoms with Crippen molar-refractivity contribution in [2.75, 3.05) is 25.5 Å². The molecule has 0 N–H and O–H groups in total. The first kappa shape index (κ1) is 20.4. The normalized spacial score (nSPS) is 15.1. The minimum absolute atomic E-state index is 0.0883. The monoisotopic (exact) mass is 456 g/mol. The highest BCUT2D eigenvalue weighted by atomic mass is 32.2. The van der Waals surface area contributed by atoms with Crippen molar-refractivity contribution in [1.82, 2.24) is 19.7 Å². The first-order valence-corrected chi connectivity index (χ1v) is 12.4. The van der Waals surface area contributed by atoms with Gasteiger partial charge in [0.25, 0.3) is 0 Å². The molecule has 1 saturated carbocycles. The first-order valence-electron chi connectivity index (χ1n) is 10.5. The van der Waals surface area contributed by atoms with Gasteiger partial charge in [0.1, 0.15) is 13.2 Å². The van der Waals surface area contributed by atoms with Crippen LogP contribution in [0.4, 0.5) is 0 Å². The molecule has 0 radical (unpaired) electrons. The van der Waals surface area contributed by atoms with Gasteiger partial charge in [0.15, 0.2) is 22.5 Å². The fraction of sp³-hybridized carbons (Fsp3) is 0.409. The molecule has 2 aromatic heterocycles. The summed E-state index contributed by atoms with van der Waals surface area (Å²) in [5.41, 5.74) is 1.03. The van der Waals surface area contributed by atoms with Gasteiger partial charge in [-0.25, -0.2) is 0 Å². The maximum atomic E-state index is 13.0. The van der Waals surface area contributed by atoms with Crippen LogP contribution in [0.3, 0.4) is 0 Å². The third kappa shape index (κ3) is 4.43. The molecule has 0 atom stereocenters. The smallest absolute Gasteiger partial charge is 0.233 e. The molecule has 0 unspecified atom stereocenters. The third-order valence-electron chi connectivity index (χ3n) is 5.36. The van der Waals surface area contributed by atoms with Gasteiger partial charge in [0.05, 0.1) is 10.6 Å². The number of carbonyl (C=O) groups is 1. The van der Waals surface area contributed by atoms with Crippen molar-refractivity contribution in [3.8, 4) is 22.2 Å². The maximum Gasteiger partial charge on any atom is 0.233 e. The number of ether oxygens (including phenoxy) is 2. The van der Waals surface area contributed by atoms with E-state index in [0.29, 0.717) is 38.1 Å². The van der Waals surface area contributed by atoms with Crippen molar-refractivity contribution < 1.29 is 14.3 Å². The van der Waals surface area contributed by atoms with Crippen molar-refractivity contribution in [2.45, 2.75) is 37.5 Å². The van der Waals surface area contributed by atoms with Gasteiger partial charge < -0.3 is 14.4 Å². The lowest BCUT2D eigenvalue weighted by atomic mass is 10.2. The van der Waals surface area contributed by atoms with E-state index in [9.17, 15) is 4.79 Å². The van der Waals surface area contributed by atoms with Gasteiger partial charge in [-0.05, 0) is 48.9 Å². The SMILES string of the molecule is CCN(Cc1ccc2c(c1)OCCO2)C(=O)CSc1nnc(-c2cccs2)n1C1CC1. The number of thioether (sulfide) groups is 1. The van der Waals surface area contributed by atoms with Crippen LogP contribution in [0.1, 0.15) is 31.4 Å². The fourth-order valence-corrected chi connectivity index (χ4v) is 5.23. The summed E-state index contributed by atoms with van der Waals surface area (Å²) in [6.07, 6.45) is 2.28. The van der Waals surface area contributed by atoms with Crippen LogP contribution in [0.25, 0.3) is 10.7 Å². The number of hydrogen-bond acceptors (Lipinski definition) is 7. The Morgan fingerprint density at radius 1 is 1.23 bits per heavy atom. The molecule has 31 heavy (non-hydrogen) atoms. The van der Waals surface area contributed by atoms with E-state index in [4.69, 9.17) is 9.47 Å². The number of thiophene rings is 1. The number of carbonyl (C=O) groups excluding carboxylic acids is 1. The third-order valence-corrected chi connectivity index (χ3v) is 7.15. The molecular weight excluding hydrogens is 432 g/mol. The van der Waals surface area contributed by atoms with Gasteiger partial charge in [0, 0.05) is 19.1 Å². The van der Waals surface area contributed by atoms with E-state index in [1.54, 1.807) is 11.3 Å². The molecule has 5 rings (SSSR count). The molecule has 1 aliphatic carbocycles. The second-order valence-corrected chi connectivity index (χ2v) is 9.45. The number of hydrogen-bond donors (Lipinski definition) is 0. The van der Waals surface area contributed by atoms with Crippen LogP contribution in [-0.4, -0.2) is 51.1 Å². The number of rotatable bonds is 8. The second-order valence-electron chi connectivity index (χ2n) is 7.56. The van der Waals surface area contributed by atoms with Crippen LogP contribution in [0.2, 0.25) is 0 Å². The van der Waals surface area contributed by atoms with Crippen LogP contribution in [0.15, 0.2) is 40.9 Å². The molecule has 3 heterocycles. The van der Waals surface area contributed by atoms with Crippen molar-refractivity contribution in [3.63, 3.8) is 0 Å². The molecule has 1 aromatic carbocycles. The molecule has 1 aliphatic heterocycles. The van der Waals surface area contributed by atoms with Gasteiger partial charge in [0.2, 0.25) is 5.91 Å². The van der Waals surface area contributed by atoms with E-state index in [0.717, 1.165) is 45.8 Å². The van der Waals surface area contributed by atoms with E-state index >= 15 is 0 Å². The highest BCUT2D eigenvalue weighted by Gasteiger charge is 2.31. The topological polar surface area (TPSA) is 69.5 Å². The van der Waals surface area contributed by atoms with Crippen LogP contribution in [-0.2, 0) is 11.3 Å². The Balaban J connectivity index is 1.26. The summed E-state index contributed by atoms with van der Waals surface area (Å²) >= 11 is 3.14. The van der Waals surface area contributed by atoms with Crippen LogP contribution >= 0.6 is 23.1 Å². The molecule has 9 heteroatoms. The van der Waals surface area contributed by atoms with E-state index < -0.39 is 0 Å². The molecule has 2 aliphatic rings. The van der Waals surface area contributed by atoms with E-state index in [2.05, 4.69) is 26.2 Å². The van der Waals surface area contributed by atoms with Gasteiger partial charge in [-0.15, -0.1) is 21.5 Å². The summed E-state index contributed by atoms with van der Waals surface area (Å²) in [6, 6.07) is 10.4. The Bertz CT molecular complexity index is 1060. The number of nitrogens with zero attached hydrogens (tertiary/aromatic N) is 4. The Morgan fingerprint density at radius 3 is 2.81 bits per heavy atom. The molecule has 162 valence electrons. The first-order chi connectivity index (χ1) is 15.2. The lowest BCUT2D eigenvalue weighted by molar-refractivity contribution is -0.128. The molecular formula is C22H24N4O3S2. The molecule has 1 amide bonds. The van der Waals surface area contributed by atoms with Gasteiger partial charge in [-0.1, -0.05) is 23.9 Å². The van der Waals surface area contributed by atoms with Crippen molar-refractivity contribution in [2.24, 2.45) is 0 Å². The number of fused-ring (bicyclic) bond motifs is 1. The summed E-state index contributed by atoms with van der Waals surface area (Å²) in [6.45, 7) is 4.32. The zero-order valence-corrected chi connectivity index (χ0v) is 19.0. The average molecular weight is 457 g/mol. The summed E-state index contributed by atoms with van der Waals surface area (Å²) in [4.78, 5) is 15.9. The number of benzene rings is 1. The van der Waals surface area contributed by atoms with Gasteiger partial charge in [-0.3, -0.25) is 9.36 Å². The zero-order chi connectivity index (χ0) is 21.2. The molecule has 1 fully saturated rings. The van der Waals surface area contributed by atoms with Crippen LogP contribution in [0, 0.1) is 0 Å². The largest absolute Gasteiger partial charge is 0.486 e. The predicted octanol–water partition coefficient (Wildman–Crippen LogP) is 4.25. The maximum absolute atomic E-state index is 13.0. The Morgan fingerprint density at radius 2 is 2.06 bits per heavy atom. The quantitative estimate of drug-likeness (QED) is 0.472. The zero-order valence-electron chi connectivity index (χ0n) is 17.3. The minimum atomic E-state index is 0.0883. The molecule has 3 aromatic rings. The van der Waals surface area contributed by atoms with Crippen molar-refractivity contribution >= 4 is 29.0 Å². The minimum Gasteiger partial charge on any atom is -0.486 e. The lowest BCUT2D eigenvalue weighted by Gasteiger charge is -2.23. The average Bonchev–Trinajstić information content (AvgIpc) is 3.32. The Kier molecular flexibility index (Phi) is 5.87. The Labute approximate surface area is 189 Å². The summed E-state index contributed by atoms with van der Waals surface area (Å²) in [5.74, 6) is 2.86. The number of aromatic nitrogens is 3. The van der Waals surface area contributed by atoms with Crippen LogP contribution < -0.4 is 9.47 Å². The van der Waals surface area contributed by atoms with Gasteiger partial charge >= 0.3 is 0 Å². The fourth-order valence-electron chi connectivity index (χ4n) is 3.61. The van der Waals surface area contributed by atoms with Crippen LogP contribution in [0.5, 0.6) is 11.5 Å². The molecule has 0 saturated heterocycles. The predicted molar refractivity (Wildman–Crippen MR) is 121 cm³/mol. The lowest BCUT2D eigenvalue weighted by Crippen LogP contribution is -2.31. The highest BCUT2D eigenvalue weighted by molar-refractivity contribution is 7.99. The van der Waals surface area contributed by atoms with E-state index in [1.807, 2.05) is 36.1 Å². The highest BCUT2D eigenvalue weighted by Crippen LogP contribution is 2.41. The molecule has 0 spiro atoms. The molecule has 7 nitrogen and oxygen atoms in total. The van der Waals surface area contributed by atoms with E-state index in [-0.39, 0.29) is 5.91 Å². The molecule has 0 bridgehead atoms. The second kappa shape index (κ2) is 8.92. The van der Waals surface area contributed by atoms with E-state index in [1.165, 1.54) is 11.8 Å². The number of amides is 1. The Hall–Kier alpha value is -2.52. The summed E-state index contributed by atoms with van der Waals surface area (Å²) < 4.78 is 13.5. The van der Waals surface area contributed by atoms with Gasteiger partial charge in [-0.2, -0.15) is 0 Å². The standard InChI is InChI=1S/C22H24N4O3S2/c1-2-25(13-15-5-8-17-18(12-15)29-10-9-28-17)20(27)14-31-22-24-23-21(19-4-3-11-30-19)26(22)16-6-7-16/h3-5,8,11-12,16H,2,6-7,9-10,13-14H2,1H3.